The first kappa shape index (κ1) is 7.15. The number of carbonyl (C=O) groups excluding carboxylic acids is 1. The Hall–Kier alpha value is -0.850. The maximum absolute atomic E-state index is 9.93. The molecule has 1 nitrogen and oxygen atoms in total. The molecule has 0 fully saturated rings. The maximum Gasteiger partial charge on any atom is 0.145 e. The first-order valence-electron chi connectivity index (χ1n) is 2.46. The fourth-order valence-corrected chi connectivity index (χ4v) is 0.423. The molecule has 0 aliphatic heterocycles. The molecular weight excluding hydrogens is 100 g/mol. The second-order valence-electron chi connectivity index (χ2n) is 1.85. The molecule has 0 aliphatic carbocycles. The lowest BCUT2D eigenvalue weighted by Gasteiger charge is -1.84. The van der Waals surface area contributed by atoms with Gasteiger partial charge in [0.05, 0.1) is 0 Å². The van der Waals surface area contributed by atoms with E-state index in [0.29, 0.717) is 0 Å². The van der Waals surface area contributed by atoms with Crippen LogP contribution in [0.2, 0.25) is 0 Å². The molecule has 0 aromatic rings. The van der Waals surface area contributed by atoms with Gasteiger partial charge in [0.15, 0.2) is 0 Å². The lowest BCUT2D eigenvalue weighted by Crippen LogP contribution is -1.74. The number of rotatable bonds is 2. The summed E-state index contributed by atoms with van der Waals surface area (Å²) in [6, 6.07) is 0. The minimum Gasteiger partial charge on any atom is -0.298 e. The number of allylic oxidation sites excluding steroid dienone is 3. The van der Waals surface area contributed by atoms with Crippen LogP contribution in [-0.4, -0.2) is 6.29 Å². The highest BCUT2D eigenvalue weighted by Gasteiger charge is 1.80. The van der Waals surface area contributed by atoms with Gasteiger partial charge in [-0.1, -0.05) is 18.2 Å². The first-order chi connectivity index (χ1) is 3.66. The van der Waals surface area contributed by atoms with Crippen LogP contribution in [0.4, 0.5) is 0 Å². The van der Waals surface area contributed by atoms with E-state index in [-0.39, 0.29) is 0 Å². The average molecular weight is 110 g/mol. The summed E-state index contributed by atoms with van der Waals surface area (Å²) in [4.78, 5) is 9.93. The normalized spacial score (nSPS) is 11.0. The van der Waals surface area contributed by atoms with Gasteiger partial charge in [-0.05, 0) is 19.4 Å². The van der Waals surface area contributed by atoms with Gasteiger partial charge < -0.3 is 0 Å². The lowest BCUT2D eigenvalue weighted by atomic mass is 10.2. The second kappa shape index (κ2) is 3.19. The molecule has 0 unspecified atom stereocenters. The highest BCUT2D eigenvalue weighted by molar-refractivity contribution is 5.72. The molecule has 0 bridgehead atoms. The highest BCUT2D eigenvalue weighted by Crippen LogP contribution is 1.93. The van der Waals surface area contributed by atoms with Crippen molar-refractivity contribution in [2.45, 2.75) is 13.8 Å². The van der Waals surface area contributed by atoms with Crippen molar-refractivity contribution >= 4 is 6.29 Å². The van der Waals surface area contributed by atoms with Crippen molar-refractivity contribution in [3.8, 4) is 0 Å². The Kier molecular flexibility index (Phi) is 2.85. The second-order valence-corrected chi connectivity index (χ2v) is 1.85. The molecule has 0 saturated carbocycles. The Morgan fingerprint density at radius 2 is 2.00 bits per heavy atom. The average Bonchev–Trinajstić information content (AvgIpc) is 1.65. The van der Waals surface area contributed by atoms with Gasteiger partial charge in [0, 0.05) is 0 Å². The summed E-state index contributed by atoms with van der Waals surface area (Å²) in [6.45, 7) is 7.21. The molecule has 0 spiro atoms. The van der Waals surface area contributed by atoms with E-state index >= 15 is 0 Å². The van der Waals surface area contributed by atoms with E-state index in [1.807, 2.05) is 6.92 Å². The molecule has 0 radical (unpaired) electrons. The van der Waals surface area contributed by atoms with Gasteiger partial charge in [-0.15, -0.1) is 0 Å². The van der Waals surface area contributed by atoms with Gasteiger partial charge in [-0.25, -0.2) is 0 Å². The van der Waals surface area contributed by atoms with Gasteiger partial charge in [-0.3, -0.25) is 4.79 Å². The SMILES string of the molecule is C=C(C)/C=C(/C)C=O. The third kappa shape index (κ3) is 3.34. The fourth-order valence-electron chi connectivity index (χ4n) is 0.423. The summed E-state index contributed by atoms with van der Waals surface area (Å²) in [5.74, 6) is 0. The number of aldehydes is 1. The Morgan fingerprint density at radius 1 is 1.50 bits per heavy atom. The molecule has 0 N–H and O–H groups in total. The fraction of sp³-hybridized carbons (Fsp3) is 0.286. The summed E-state index contributed by atoms with van der Waals surface area (Å²) in [7, 11) is 0. The Morgan fingerprint density at radius 3 is 2.12 bits per heavy atom. The molecule has 1 heteroatoms. The van der Waals surface area contributed by atoms with Crippen molar-refractivity contribution in [1.82, 2.24) is 0 Å². The van der Waals surface area contributed by atoms with E-state index in [1.165, 1.54) is 0 Å². The minimum absolute atomic E-state index is 0.720. The van der Waals surface area contributed by atoms with Gasteiger partial charge >= 0.3 is 0 Å². The van der Waals surface area contributed by atoms with Crippen LogP contribution in [0.15, 0.2) is 23.8 Å². The Balaban J connectivity index is 3.94. The van der Waals surface area contributed by atoms with Crippen LogP contribution in [0.25, 0.3) is 0 Å². The lowest BCUT2D eigenvalue weighted by molar-refractivity contribution is -0.104. The standard InChI is InChI=1S/C7H10O/c1-6(2)4-7(3)5-8/h4-5H,1H2,2-3H3/b7-4-. The summed E-state index contributed by atoms with van der Waals surface area (Å²) in [5, 5.41) is 0. The number of carbonyl (C=O) groups is 1. The predicted molar refractivity (Wildman–Crippen MR) is 34.6 cm³/mol. The summed E-state index contributed by atoms with van der Waals surface area (Å²) in [6.07, 6.45) is 2.56. The summed E-state index contributed by atoms with van der Waals surface area (Å²) in [5.41, 5.74) is 1.63. The summed E-state index contributed by atoms with van der Waals surface area (Å²) >= 11 is 0. The van der Waals surface area contributed by atoms with Crippen molar-refractivity contribution < 1.29 is 4.79 Å². The molecule has 0 atom stereocenters. The molecule has 0 aromatic carbocycles. The van der Waals surface area contributed by atoms with Crippen LogP contribution in [0.5, 0.6) is 0 Å². The molecule has 0 saturated heterocycles. The zero-order chi connectivity index (χ0) is 6.57. The van der Waals surface area contributed by atoms with E-state index < -0.39 is 0 Å². The smallest absolute Gasteiger partial charge is 0.145 e. The van der Waals surface area contributed by atoms with Crippen LogP contribution >= 0.6 is 0 Å². The van der Waals surface area contributed by atoms with Crippen LogP contribution in [0.1, 0.15) is 13.8 Å². The van der Waals surface area contributed by atoms with Crippen LogP contribution in [0, 0.1) is 0 Å². The highest BCUT2D eigenvalue weighted by atomic mass is 16.1. The third-order valence-electron chi connectivity index (χ3n) is 0.660. The molecule has 44 valence electrons. The number of hydrogen-bond acceptors (Lipinski definition) is 1. The molecular formula is C7H10O. The molecule has 0 amide bonds. The largest absolute Gasteiger partial charge is 0.298 e. The quantitative estimate of drug-likeness (QED) is 0.300. The van der Waals surface area contributed by atoms with Gasteiger partial charge in [-0.2, -0.15) is 0 Å². The van der Waals surface area contributed by atoms with Crippen LogP contribution in [-0.2, 0) is 4.79 Å². The minimum atomic E-state index is 0.720. The summed E-state index contributed by atoms with van der Waals surface area (Å²) < 4.78 is 0. The first-order valence-corrected chi connectivity index (χ1v) is 2.46. The van der Waals surface area contributed by atoms with Crippen molar-refractivity contribution in [3.05, 3.63) is 23.8 Å². The van der Waals surface area contributed by atoms with Crippen molar-refractivity contribution in [2.24, 2.45) is 0 Å². The molecule has 0 heterocycles. The monoisotopic (exact) mass is 110 g/mol. The van der Waals surface area contributed by atoms with Gasteiger partial charge in [0.2, 0.25) is 0 Å². The molecule has 0 rings (SSSR count). The molecule has 0 aromatic heterocycles. The topological polar surface area (TPSA) is 17.1 Å². The Labute approximate surface area is 49.7 Å². The zero-order valence-corrected chi connectivity index (χ0v) is 5.27. The predicted octanol–water partition coefficient (Wildman–Crippen LogP) is 1.71. The zero-order valence-electron chi connectivity index (χ0n) is 5.27. The van der Waals surface area contributed by atoms with Gasteiger partial charge in [0.1, 0.15) is 6.29 Å². The van der Waals surface area contributed by atoms with Crippen molar-refractivity contribution in [3.63, 3.8) is 0 Å². The number of hydrogen-bond donors (Lipinski definition) is 0. The van der Waals surface area contributed by atoms with Crippen LogP contribution < -0.4 is 0 Å². The maximum atomic E-state index is 9.93. The molecule has 0 aliphatic rings. The van der Waals surface area contributed by atoms with E-state index in [9.17, 15) is 4.79 Å². The van der Waals surface area contributed by atoms with E-state index in [4.69, 9.17) is 0 Å². The van der Waals surface area contributed by atoms with Crippen molar-refractivity contribution in [1.29, 1.82) is 0 Å². The van der Waals surface area contributed by atoms with Gasteiger partial charge in [0.25, 0.3) is 0 Å². The third-order valence-corrected chi connectivity index (χ3v) is 0.660. The van der Waals surface area contributed by atoms with E-state index in [0.717, 1.165) is 17.4 Å². The van der Waals surface area contributed by atoms with E-state index in [2.05, 4.69) is 6.58 Å². The Bertz CT molecular complexity index is 131. The molecule has 8 heavy (non-hydrogen) atoms. The van der Waals surface area contributed by atoms with Crippen LogP contribution in [0.3, 0.4) is 0 Å². The van der Waals surface area contributed by atoms with E-state index in [1.54, 1.807) is 13.0 Å². The van der Waals surface area contributed by atoms with Crippen molar-refractivity contribution in [2.75, 3.05) is 0 Å².